The normalized spacial score (nSPS) is 13.2. The molecule has 0 amide bonds. The maximum absolute atomic E-state index is 5.02. The van der Waals surface area contributed by atoms with Crippen molar-refractivity contribution in [2.75, 3.05) is 34.0 Å². The lowest BCUT2D eigenvalue weighted by Crippen LogP contribution is -2.30. The van der Waals surface area contributed by atoms with Gasteiger partial charge in [0.2, 0.25) is 0 Å². The molecule has 0 aromatic carbocycles. The quantitative estimate of drug-likeness (QED) is 0.557. The summed E-state index contributed by atoms with van der Waals surface area (Å²) in [5.74, 6) is 0. The number of unbranched alkanes of at least 4 members (excludes halogenated alkanes) is 2. The van der Waals surface area contributed by atoms with Crippen LogP contribution in [0.1, 0.15) is 26.2 Å². The molecule has 0 aromatic heterocycles. The second-order valence-electron chi connectivity index (χ2n) is 3.36. The molecule has 1 atom stereocenters. The molecule has 0 aliphatic carbocycles. The molecular formula is C10H23NO2. The highest BCUT2D eigenvalue weighted by Crippen LogP contribution is 1.94. The predicted molar refractivity (Wildman–Crippen MR) is 55.1 cm³/mol. The lowest BCUT2D eigenvalue weighted by molar-refractivity contribution is 0.171. The van der Waals surface area contributed by atoms with Crippen LogP contribution >= 0.6 is 0 Å². The molecule has 0 saturated carbocycles. The first-order valence-electron chi connectivity index (χ1n) is 5.02. The van der Waals surface area contributed by atoms with E-state index in [4.69, 9.17) is 9.47 Å². The van der Waals surface area contributed by atoms with Gasteiger partial charge in [-0.3, -0.25) is 0 Å². The number of hydrogen-bond acceptors (Lipinski definition) is 3. The van der Waals surface area contributed by atoms with Crippen LogP contribution in [-0.4, -0.2) is 40.0 Å². The van der Waals surface area contributed by atoms with Crippen LogP contribution in [0.25, 0.3) is 0 Å². The fourth-order valence-corrected chi connectivity index (χ4v) is 1.21. The minimum Gasteiger partial charge on any atom is -0.385 e. The monoisotopic (exact) mass is 189 g/mol. The number of hydrogen-bond donors (Lipinski definition) is 1. The van der Waals surface area contributed by atoms with E-state index in [9.17, 15) is 0 Å². The summed E-state index contributed by atoms with van der Waals surface area (Å²) in [7, 11) is 3.48. The van der Waals surface area contributed by atoms with Gasteiger partial charge in [-0.1, -0.05) is 0 Å². The molecule has 0 fully saturated rings. The summed E-state index contributed by atoms with van der Waals surface area (Å²) in [6, 6.07) is 0.465. The van der Waals surface area contributed by atoms with Crippen LogP contribution in [0.3, 0.4) is 0 Å². The average molecular weight is 189 g/mol. The van der Waals surface area contributed by atoms with E-state index in [1.807, 2.05) is 0 Å². The van der Waals surface area contributed by atoms with Crippen molar-refractivity contribution in [1.82, 2.24) is 5.32 Å². The lowest BCUT2D eigenvalue weighted by Gasteiger charge is -2.11. The van der Waals surface area contributed by atoms with E-state index in [0.717, 1.165) is 26.2 Å². The van der Waals surface area contributed by atoms with Gasteiger partial charge >= 0.3 is 0 Å². The zero-order chi connectivity index (χ0) is 9.94. The molecule has 0 saturated heterocycles. The lowest BCUT2D eigenvalue weighted by atomic mass is 10.2. The van der Waals surface area contributed by atoms with E-state index < -0.39 is 0 Å². The summed E-state index contributed by atoms with van der Waals surface area (Å²) >= 11 is 0. The van der Waals surface area contributed by atoms with Gasteiger partial charge in [0.05, 0.1) is 6.61 Å². The SMILES string of the molecule is COCCCCCNC(C)COC. The van der Waals surface area contributed by atoms with Gasteiger partial charge in [-0.05, 0) is 32.7 Å². The number of methoxy groups -OCH3 is 2. The highest BCUT2D eigenvalue weighted by atomic mass is 16.5. The fourth-order valence-electron chi connectivity index (χ4n) is 1.21. The largest absolute Gasteiger partial charge is 0.385 e. The van der Waals surface area contributed by atoms with Crippen molar-refractivity contribution in [3.63, 3.8) is 0 Å². The first-order chi connectivity index (χ1) is 6.31. The third kappa shape index (κ3) is 9.80. The van der Waals surface area contributed by atoms with E-state index in [2.05, 4.69) is 12.2 Å². The summed E-state index contributed by atoms with van der Waals surface area (Å²) in [6.07, 6.45) is 3.62. The van der Waals surface area contributed by atoms with Gasteiger partial charge in [0.1, 0.15) is 0 Å². The van der Waals surface area contributed by atoms with E-state index in [1.165, 1.54) is 12.8 Å². The topological polar surface area (TPSA) is 30.5 Å². The van der Waals surface area contributed by atoms with Gasteiger partial charge in [-0.15, -0.1) is 0 Å². The van der Waals surface area contributed by atoms with Crippen LogP contribution in [0.4, 0.5) is 0 Å². The number of nitrogens with one attached hydrogen (secondary N) is 1. The molecule has 0 rings (SSSR count). The fraction of sp³-hybridized carbons (Fsp3) is 1.00. The van der Waals surface area contributed by atoms with Crippen LogP contribution in [0.15, 0.2) is 0 Å². The van der Waals surface area contributed by atoms with Gasteiger partial charge in [-0.25, -0.2) is 0 Å². The van der Waals surface area contributed by atoms with E-state index in [0.29, 0.717) is 6.04 Å². The van der Waals surface area contributed by atoms with Crippen molar-refractivity contribution in [3.05, 3.63) is 0 Å². The van der Waals surface area contributed by atoms with Crippen molar-refractivity contribution in [2.24, 2.45) is 0 Å². The molecule has 0 aliphatic rings. The molecule has 0 heterocycles. The summed E-state index contributed by atoms with van der Waals surface area (Å²) in [4.78, 5) is 0. The summed E-state index contributed by atoms with van der Waals surface area (Å²) in [5.41, 5.74) is 0. The van der Waals surface area contributed by atoms with Crippen LogP contribution in [0.5, 0.6) is 0 Å². The van der Waals surface area contributed by atoms with Gasteiger partial charge in [0, 0.05) is 26.9 Å². The van der Waals surface area contributed by atoms with Crippen molar-refractivity contribution < 1.29 is 9.47 Å². The van der Waals surface area contributed by atoms with Gasteiger partial charge in [-0.2, -0.15) is 0 Å². The first-order valence-corrected chi connectivity index (χ1v) is 5.02. The highest BCUT2D eigenvalue weighted by Gasteiger charge is 1.98. The predicted octanol–water partition coefficient (Wildman–Crippen LogP) is 1.43. The molecule has 1 unspecified atom stereocenters. The Morgan fingerprint density at radius 3 is 2.46 bits per heavy atom. The molecule has 0 radical (unpaired) electrons. The Kier molecular flexibility index (Phi) is 9.87. The Hall–Kier alpha value is -0.120. The standard InChI is InChI=1S/C10H23NO2/c1-10(9-13-3)11-7-5-4-6-8-12-2/h10-11H,4-9H2,1-3H3. The van der Waals surface area contributed by atoms with Crippen LogP contribution in [-0.2, 0) is 9.47 Å². The van der Waals surface area contributed by atoms with Crippen molar-refractivity contribution in [3.8, 4) is 0 Å². The third-order valence-electron chi connectivity index (χ3n) is 1.93. The molecule has 0 spiro atoms. The van der Waals surface area contributed by atoms with E-state index >= 15 is 0 Å². The zero-order valence-corrected chi connectivity index (χ0v) is 9.14. The van der Waals surface area contributed by atoms with Crippen molar-refractivity contribution >= 4 is 0 Å². The summed E-state index contributed by atoms with van der Waals surface area (Å²) in [5, 5.41) is 3.39. The van der Waals surface area contributed by atoms with Crippen molar-refractivity contribution in [1.29, 1.82) is 0 Å². The Labute approximate surface area is 81.8 Å². The number of ether oxygens (including phenoxy) is 2. The van der Waals surface area contributed by atoms with Crippen LogP contribution < -0.4 is 5.32 Å². The van der Waals surface area contributed by atoms with Gasteiger partial charge < -0.3 is 14.8 Å². The second kappa shape index (κ2) is 9.96. The Balaban J connectivity index is 2.97. The van der Waals surface area contributed by atoms with Crippen molar-refractivity contribution in [2.45, 2.75) is 32.2 Å². The van der Waals surface area contributed by atoms with Crippen LogP contribution in [0, 0.1) is 0 Å². The smallest absolute Gasteiger partial charge is 0.0613 e. The maximum Gasteiger partial charge on any atom is 0.0613 e. The van der Waals surface area contributed by atoms with E-state index in [-0.39, 0.29) is 0 Å². The molecule has 0 bridgehead atoms. The maximum atomic E-state index is 5.02. The minimum atomic E-state index is 0.465. The molecule has 13 heavy (non-hydrogen) atoms. The van der Waals surface area contributed by atoms with Gasteiger partial charge in [0.15, 0.2) is 0 Å². The minimum absolute atomic E-state index is 0.465. The Morgan fingerprint density at radius 1 is 1.08 bits per heavy atom. The molecule has 0 aromatic rings. The molecule has 3 heteroatoms. The molecule has 1 N–H and O–H groups in total. The Bertz CT molecular complexity index is 98.9. The average Bonchev–Trinajstić information content (AvgIpc) is 2.11. The highest BCUT2D eigenvalue weighted by molar-refractivity contribution is 4.58. The second-order valence-corrected chi connectivity index (χ2v) is 3.36. The molecule has 3 nitrogen and oxygen atoms in total. The van der Waals surface area contributed by atoms with Gasteiger partial charge in [0.25, 0.3) is 0 Å². The first kappa shape index (κ1) is 12.9. The summed E-state index contributed by atoms with van der Waals surface area (Å²) in [6.45, 7) is 4.89. The summed E-state index contributed by atoms with van der Waals surface area (Å²) < 4.78 is 9.98. The third-order valence-corrected chi connectivity index (χ3v) is 1.93. The van der Waals surface area contributed by atoms with E-state index in [1.54, 1.807) is 14.2 Å². The number of rotatable bonds is 9. The Morgan fingerprint density at radius 2 is 1.85 bits per heavy atom. The zero-order valence-electron chi connectivity index (χ0n) is 9.14. The molecule has 80 valence electrons. The van der Waals surface area contributed by atoms with Crippen LogP contribution in [0.2, 0.25) is 0 Å². The molecule has 0 aliphatic heterocycles. The molecular weight excluding hydrogens is 166 g/mol.